The van der Waals surface area contributed by atoms with Gasteiger partial charge in [0.1, 0.15) is 9.88 Å². The fourth-order valence-corrected chi connectivity index (χ4v) is 3.64. The molecule has 0 saturated carbocycles. The van der Waals surface area contributed by atoms with Gasteiger partial charge in [0.15, 0.2) is 5.96 Å². The van der Waals surface area contributed by atoms with Crippen LogP contribution in [-0.2, 0) is 11.2 Å². The van der Waals surface area contributed by atoms with E-state index in [2.05, 4.69) is 20.6 Å². The van der Waals surface area contributed by atoms with Gasteiger partial charge in [-0.3, -0.25) is 4.99 Å². The Morgan fingerprint density at radius 3 is 2.89 bits per heavy atom. The molecule has 0 radical (unpaired) electrons. The number of carbonyl (C=O) groups excluding carboxylic acids is 1. The first kappa shape index (κ1) is 21.2. The summed E-state index contributed by atoms with van der Waals surface area (Å²) in [5, 5.41) is 8.13. The van der Waals surface area contributed by atoms with Crippen molar-refractivity contribution in [2.24, 2.45) is 4.99 Å². The van der Waals surface area contributed by atoms with Crippen molar-refractivity contribution in [3.8, 4) is 0 Å². The van der Waals surface area contributed by atoms with E-state index in [0.29, 0.717) is 23.1 Å². The zero-order valence-electron chi connectivity index (χ0n) is 16.0. The van der Waals surface area contributed by atoms with Gasteiger partial charge < -0.3 is 15.4 Å². The van der Waals surface area contributed by atoms with Crippen LogP contribution in [0.5, 0.6) is 0 Å². The minimum absolute atomic E-state index is 0.0887. The highest BCUT2D eigenvalue weighted by molar-refractivity contribution is 7.13. The van der Waals surface area contributed by atoms with Gasteiger partial charge >= 0.3 is 5.97 Å². The van der Waals surface area contributed by atoms with Gasteiger partial charge in [0, 0.05) is 18.6 Å². The highest BCUT2D eigenvalue weighted by Gasteiger charge is 2.20. The second-order valence-electron chi connectivity index (χ2n) is 5.93. The summed E-state index contributed by atoms with van der Waals surface area (Å²) in [6.45, 7) is 6.66. The lowest BCUT2D eigenvalue weighted by molar-refractivity contribution is 0.0531. The molecule has 0 bridgehead atoms. The Morgan fingerprint density at radius 2 is 2.22 bits per heavy atom. The Labute approximate surface area is 169 Å². The molecule has 27 heavy (non-hydrogen) atoms. The molecule has 1 aromatic carbocycles. The number of halogens is 1. The van der Waals surface area contributed by atoms with Gasteiger partial charge in [-0.1, -0.05) is 23.7 Å². The summed E-state index contributed by atoms with van der Waals surface area (Å²) in [5.74, 6) is 0.352. The minimum Gasteiger partial charge on any atom is -0.462 e. The first-order valence-corrected chi connectivity index (χ1v) is 10.00. The summed E-state index contributed by atoms with van der Waals surface area (Å²) in [6.07, 6.45) is 0.832. The van der Waals surface area contributed by atoms with Gasteiger partial charge in [-0.05, 0) is 44.9 Å². The number of rotatable bonds is 7. The summed E-state index contributed by atoms with van der Waals surface area (Å²) < 4.78 is 5.07. The second kappa shape index (κ2) is 10.3. The van der Waals surface area contributed by atoms with Crippen LogP contribution in [0.4, 0.5) is 0 Å². The van der Waals surface area contributed by atoms with Crippen molar-refractivity contribution in [1.82, 2.24) is 15.6 Å². The van der Waals surface area contributed by atoms with E-state index >= 15 is 0 Å². The van der Waals surface area contributed by atoms with Crippen LogP contribution in [0.25, 0.3) is 0 Å². The minimum atomic E-state index is -0.324. The standard InChI is InChI=1S/C19H25ClN4O2S/c1-5-26-18(25)16-12(2)23-17(27-16)13(3)24-19(21-4)22-10-9-14-7-6-8-15(20)11-14/h6-8,11,13H,5,9-10H2,1-4H3,(H2,21,22,24). The van der Waals surface area contributed by atoms with Crippen molar-refractivity contribution in [2.45, 2.75) is 33.2 Å². The Bertz CT molecular complexity index is 807. The lowest BCUT2D eigenvalue weighted by Gasteiger charge is -2.16. The Balaban J connectivity index is 1.92. The summed E-state index contributed by atoms with van der Waals surface area (Å²) in [5.41, 5.74) is 1.85. The summed E-state index contributed by atoms with van der Waals surface area (Å²) in [6, 6.07) is 7.72. The average Bonchev–Trinajstić information content (AvgIpc) is 3.03. The smallest absolute Gasteiger partial charge is 0.350 e. The number of hydrogen-bond donors (Lipinski definition) is 2. The molecule has 1 aromatic heterocycles. The van der Waals surface area contributed by atoms with Crippen LogP contribution in [0.2, 0.25) is 5.02 Å². The van der Waals surface area contributed by atoms with E-state index in [-0.39, 0.29) is 12.0 Å². The third-order valence-corrected chi connectivity index (χ3v) is 5.37. The number of aromatic nitrogens is 1. The molecule has 146 valence electrons. The van der Waals surface area contributed by atoms with E-state index in [0.717, 1.165) is 28.6 Å². The highest BCUT2D eigenvalue weighted by Crippen LogP contribution is 2.24. The number of carbonyl (C=O) groups is 1. The zero-order valence-corrected chi connectivity index (χ0v) is 17.6. The lowest BCUT2D eigenvalue weighted by atomic mass is 10.1. The third kappa shape index (κ3) is 6.22. The summed E-state index contributed by atoms with van der Waals surface area (Å²) >= 11 is 7.36. The predicted octanol–water partition coefficient (Wildman–Crippen LogP) is 3.75. The Kier molecular flexibility index (Phi) is 8.06. The van der Waals surface area contributed by atoms with Gasteiger partial charge in [-0.2, -0.15) is 0 Å². The van der Waals surface area contributed by atoms with Gasteiger partial charge in [0.25, 0.3) is 0 Å². The number of hydrogen-bond acceptors (Lipinski definition) is 5. The number of esters is 1. The molecule has 0 amide bonds. The molecular weight excluding hydrogens is 384 g/mol. The number of aryl methyl sites for hydroxylation is 1. The van der Waals surface area contributed by atoms with Crippen molar-refractivity contribution in [3.63, 3.8) is 0 Å². The number of thiazole rings is 1. The Hall–Kier alpha value is -2.12. The van der Waals surface area contributed by atoms with Crippen molar-refractivity contribution in [3.05, 3.63) is 50.4 Å². The first-order valence-electron chi connectivity index (χ1n) is 8.80. The molecule has 6 nitrogen and oxygen atoms in total. The van der Waals surface area contributed by atoms with E-state index in [4.69, 9.17) is 16.3 Å². The van der Waals surface area contributed by atoms with Crippen molar-refractivity contribution >= 4 is 34.9 Å². The van der Waals surface area contributed by atoms with E-state index in [1.54, 1.807) is 14.0 Å². The third-order valence-electron chi connectivity index (χ3n) is 3.82. The van der Waals surface area contributed by atoms with Crippen molar-refractivity contribution < 1.29 is 9.53 Å². The maximum atomic E-state index is 12.0. The molecule has 0 spiro atoms. The van der Waals surface area contributed by atoms with Crippen LogP contribution in [0.1, 0.15) is 45.8 Å². The maximum absolute atomic E-state index is 12.0. The largest absolute Gasteiger partial charge is 0.462 e. The SMILES string of the molecule is CCOC(=O)c1sc(C(C)NC(=NC)NCCc2cccc(Cl)c2)nc1C. The number of aliphatic imine (C=N–C) groups is 1. The molecular formula is C19H25ClN4O2S. The van der Waals surface area contributed by atoms with Crippen molar-refractivity contribution in [1.29, 1.82) is 0 Å². The van der Waals surface area contributed by atoms with Crippen LogP contribution < -0.4 is 10.6 Å². The molecule has 8 heteroatoms. The molecule has 0 aliphatic carbocycles. The number of benzene rings is 1. The fraction of sp³-hybridized carbons (Fsp3) is 0.421. The summed E-state index contributed by atoms with van der Waals surface area (Å²) in [4.78, 5) is 21.3. The quantitative estimate of drug-likeness (QED) is 0.414. The predicted molar refractivity (Wildman–Crippen MR) is 111 cm³/mol. The van der Waals surface area contributed by atoms with Crippen LogP contribution in [-0.4, -0.2) is 37.1 Å². The Morgan fingerprint density at radius 1 is 1.44 bits per heavy atom. The monoisotopic (exact) mass is 408 g/mol. The molecule has 0 saturated heterocycles. The molecule has 0 aliphatic heterocycles. The number of nitrogens with zero attached hydrogens (tertiary/aromatic N) is 2. The van der Waals surface area contributed by atoms with Gasteiger partial charge in [0.2, 0.25) is 0 Å². The molecule has 0 fully saturated rings. The maximum Gasteiger partial charge on any atom is 0.350 e. The average molecular weight is 409 g/mol. The zero-order chi connectivity index (χ0) is 19.8. The second-order valence-corrected chi connectivity index (χ2v) is 7.40. The van der Waals surface area contributed by atoms with Crippen LogP contribution >= 0.6 is 22.9 Å². The van der Waals surface area contributed by atoms with E-state index in [1.807, 2.05) is 38.1 Å². The van der Waals surface area contributed by atoms with Gasteiger partial charge in [-0.25, -0.2) is 9.78 Å². The molecule has 1 unspecified atom stereocenters. The van der Waals surface area contributed by atoms with Crippen LogP contribution in [0.3, 0.4) is 0 Å². The fourth-order valence-electron chi connectivity index (χ4n) is 2.47. The number of ether oxygens (including phenoxy) is 1. The summed E-state index contributed by atoms with van der Waals surface area (Å²) in [7, 11) is 1.72. The van der Waals surface area contributed by atoms with Crippen LogP contribution in [0, 0.1) is 6.92 Å². The molecule has 2 aromatic rings. The van der Waals surface area contributed by atoms with Gasteiger partial charge in [-0.15, -0.1) is 11.3 Å². The molecule has 2 rings (SSSR count). The van der Waals surface area contributed by atoms with E-state index in [1.165, 1.54) is 11.3 Å². The number of nitrogens with one attached hydrogen (secondary N) is 2. The molecule has 1 atom stereocenters. The topological polar surface area (TPSA) is 75.6 Å². The first-order chi connectivity index (χ1) is 12.9. The normalized spacial score (nSPS) is 12.6. The van der Waals surface area contributed by atoms with Crippen molar-refractivity contribution in [2.75, 3.05) is 20.2 Å². The molecule has 2 N–H and O–H groups in total. The molecule has 0 aliphatic rings. The van der Waals surface area contributed by atoms with Gasteiger partial charge in [0.05, 0.1) is 18.3 Å². The number of guanidine groups is 1. The molecule has 1 heterocycles. The highest BCUT2D eigenvalue weighted by atomic mass is 35.5. The lowest BCUT2D eigenvalue weighted by Crippen LogP contribution is -2.39. The van der Waals surface area contributed by atoms with E-state index in [9.17, 15) is 4.79 Å². The van der Waals surface area contributed by atoms with Crippen LogP contribution in [0.15, 0.2) is 29.3 Å². The van der Waals surface area contributed by atoms with E-state index < -0.39 is 0 Å².